The van der Waals surface area contributed by atoms with Crippen LogP contribution in [-0.4, -0.2) is 27.4 Å². The van der Waals surface area contributed by atoms with Gasteiger partial charge in [0.15, 0.2) is 9.84 Å². The van der Waals surface area contributed by atoms with E-state index in [1.54, 1.807) is 13.0 Å². The van der Waals surface area contributed by atoms with Gasteiger partial charge in [-0.05, 0) is 25.1 Å². The van der Waals surface area contributed by atoms with Crippen LogP contribution in [0, 0.1) is 0 Å². The van der Waals surface area contributed by atoms with Crippen molar-refractivity contribution in [3.63, 3.8) is 0 Å². The zero-order valence-corrected chi connectivity index (χ0v) is 10.7. The van der Waals surface area contributed by atoms with Crippen molar-refractivity contribution in [2.75, 3.05) is 18.6 Å². The highest BCUT2D eigenvalue weighted by atomic mass is 35.5. The monoisotopic (exact) mass is 263 g/mol. The number of benzene rings is 1. The molecule has 0 saturated heterocycles. The molecule has 0 aliphatic rings. The van der Waals surface area contributed by atoms with Crippen LogP contribution in [-0.2, 0) is 14.6 Å². The summed E-state index contributed by atoms with van der Waals surface area (Å²) in [5.41, 5.74) is 5.82. The molecule has 0 heterocycles. The van der Waals surface area contributed by atoms with Crippen LogP contribution in [0.3, 0.4) is 0 Å². The largest absolute Gasteiger partial charge is 0.398 e. The third-order valence-electron chi connectivity index (χ3n) is 2.17. The van der Waals surface area contributed by atoms with Crippen molar-refractivity contribution < 1.29 is 13.2 Å². The number of anilines is 1. The lowest BCUT2D eigenvalue weighted by Gasteiger charge is -2.12. The van der Waals surface area contributed by atoms with Gasteiger partial charge in [-0.3, -0.25) is 0 Å². The molecule has 0 amide bonds. The molecule has 0 bridgehead atoms. The highest BCUT2D eigenvalue weighted by Gasteiger charge is 2.21. The fourth-order valence-corrected chi connectivity index (χ4v) is 3.15. The summed E-state index contributed by atoms with van der Waals surface area (Å²) < 4.78 is 28.8. The molecule has 90 valence electrons. The fourth-order valence-electron chi connectivity index (χ4n) is 1.24. The van der Waals surface area contributed by atoms with Gasteiger partial charge in [0.25, 0.3) is 0 Å². The molecule has 1 aromatic carbocycles. The van der Waals surface area contributed by atoms with E-state index in [9.17, 15) is 8.42 Å². The lowest BCUT2D eigenvalue weighted by atomic mass is 10.3. The number of nitrogens with two attached hydrogens (primary N) is 1. The van der Waals surface area contributed by atoms with Gasteiger partial charge in [0.2, 0.25) is 0 Å². The maximum Gasteiger partial charge on any atom is 0.182 e. The quantitative estimate of drug-likeness (QED) is 0.840. The smallest absolute Gasteiger partial charge is 0.182 e. The van der Waals surface area contributed by atoms with Crippen molar-refractivity contribution in [2.45, 2.75) is 17.9 Å². The second-order valence-electron chi connectivity index (χ2n) is 3.51. The van der Waals surface area contributed by atoms with E-state index in [0.717, 1.165) is 0 Å². The Morgan fingerprint density at radius 3 is 2.69 bits per heavy atom. The molecule has 0 aliphatic carbocycles. The minimum Gasteiger partial charge on any atom is -0.398 e. The standard InChI is InChI=1S/C10H14ClNO3S/c1-7(15-2)6-16(13,14)10-5-8(11)3-4-9(10)12/h3-5,7H,6,12H2,1-2H3. The molecular formula is C10H14ClNO3S. The van der Waals surface area contributed by atoms with Gasteiger partial charge in [0, 0.05) is 12.1 Å². The second-order valence-corrected chi connectivity index (χ2v) is 5.95. The molecule has 1 unspecified atom stereocenters. The average Bonchev–Trinajstić information content (AvgIpc) is 2.20. The summed E-state index contributed by atoms with van der Waals surface area (Å²) in [6.07, 6.45) is -0.386. The number of rotatable bonds is 4. The van der Waals surface area contributed by atoms with Gasteiger partial charge < -0.3 is 10.5 Å². The summed E-state index contributed by atoms with van der Waals surface area (Å²) in [5.74, 6) is -0.117. The molecule has 1 rings (SSSR count). The molecule has 1 atom stereocenters. The average molecular weight is 264 g/mol. The van der Waals surface area contributed by atoms with E-state index in [-0.39, 0.29) is 22.4 Å². The molecule has 0 saturated carbocycles. The number of methoxy groups -OCH3 is 1. The van der Waals surface area contributed by atoms with Crippen LogP contribution in [0.1, 0.15) is 6.92 Å². The molecule has 0 aromatic heterocycles. The molecule has 6 heteroatoms. The Morgan fingerprint density at radius 1 is 1.50 bits per heavy atom. The molecule has 1 aromatic rings. The lowest BCUT2D eigenvalue weighted by Crippen LogP contribution is -2.20. The Morgan fingerprint density at radius 2 is 2.12 bits per heavy atom. The number of ether oxygens (including phenoxy) is 1. The first-order valence-electron chi connectivity index (χ1n) is 4.67. The maximum absolute atomic E-state index is 12.0. The van der Waals surface area contributed by atoms with Crippen LogP contribution in [0.4, 0.5) is 5.69 Å². The summed E-state index contributed by atoms with van der Waals surface area (Å²) in [5, 5.41) is 0.345. The van der Waals surface area contributed by atoms with Gasteiger partial charge >= 0.3 is 0 Å². The van der Waals surface area contributed by atoms with Crippen molar-refractivity contribution in [3.05, 3.63) is 23.2 Å². The molecule has 0 aliphatic heterocycles. The molecule has 0 radical (unpaired) electrons. The fraction of sp³-hybridized carbons (Fsp3) is 0.400. The van der Waals surface area contributed by atoms with E-state index in [4.69, 9.17) is 22.1 Å². The minimum atomic E-state index is -3.46. The molecule has 0 fully saturated rings. The van der Waals surface area contributed by atoms with Crippen LogP contribution < -0.4 is 5.73 Å². The number of nitrogen functional groups attached to an aromatic ring is 1. The Bertz CT molecular complexity index is 473. The van der Waals surface area contributed by atoms with E-state index in [1.165, 1.54) is 19.2 Å². The summed E-state index contributed by atoms with van der Waals surface area (Å²) >= 11 is 5.74. The van der Waals surface area contributed by atoms with E-state index in [2.05, 4.69) is 0 Å². The van der Waals surface area contributed by atoms with Crippen molar-refractivity contribution in [1.29, 1.82) is 0 Å². The van der Waals surface area contributed by atoms with Crippen LogP contribution >= 0.6 is 11.6 Å². The first-order valence-corrected chi connectivity index (χ1v) is 6.70. The number of halogens is 1. The molecular weight excluding hydrogens is 250 g/mol. The normalized spacial score (nSPS) is 13.7. The Kier molecular flexibility index (Phi) is 4.18. The molecule has 0 spiro atoms. The third kappa shape index (κ3) is 3.10. The van der Waals surface area contributed by atoms with Gasteiger partial charge in [-0.25, -0.2) is 8.42 Å². The highest BCUT2D eigenvalue weighted by molar-refractivity contribution is 7.91. The Balaban J connectivity index is 3.12. The number of hydrogen-bond donors (Lipinski definition) is 1. The zero-order valence-electron chi connectivity index (χ0n) is 9.10. The predicted octanol–water partition coefficient (Wildman–Crippen LogP) is 1.73. The third-order valence-corrected chi connectivity index (χ3v) is 4.33. The van der Waals surface area contributed by atoms with E-state index in [1.807, 2.05) is 0 Å². The van der Waals surface area contributed by atoms with Gasteiger partial charge in [-0.1, -0.05) is 11.6 Å². The highest BCUT2D eigenvalue weighted by Crippen LogP contribution is 2.24. The SMILES string of the molecule is COC(C)CS(=O)(=O)c1cc(Cl)ccc1N. The van der Waals surface area contributed by atoms with Gasteiger partial charge in [-0.15, -0.1) is 0 Å². The summed E-state index contributed by atoms with van der Waals surface area (Å²) in [4.78, 5) is 0.0592. The second kappa shape index (κ2) is 5.03. The molecule has 4 nitrogen and oxygen atoms in total. The van der Waals surface area contributed by atoms with Crippen LogP contribution in [0.15, 0.2) is 23.1 Å². The zero-order chi connectivity index (χ0) is 12.3. The Hall–Kier alpha value is -0.780. The first-order chi connectivity index (χ1) is 7.36. The van der Waals surface area contributed by atoms with Crippen molar-refractivity contribution in [2.24, 2.45) is 0 Å². The lowest BCUT2D eigenvalue weighted by molar-refractivity contribution is 0.136. The number of hydrogen-bond acceptors (Lipinski definition) is 4. The molecule has 2 N–H and O–H groups in total. The van der Waals surface area contributed by atoms with Gasteiger partial charge in [0.1, 0.15) is 0 Å². The first kappa shape index (κ1) is 13.3. The maximum atomic E-state index is 12.0. The summed E-state index contributed by atoms with van der Waals surface area (Å²) in [7, 11) is -2.00. The van der Waals surface area contributed by atoms with Crippen LogP contribution in [0.25, 0.3) is 0 Å². The molecule has 16 heavy (non-hydrogen) atoms. The van der Waals surface area contributed by atoms with Crippen LogP contribution in [0.5, 0.6) is 0 Å². The Labute approximate surface area is 100 Å². The van der Waals surface area contributed by atoms with Crippen molar-refractivity contribution in [3.8, 4) is 0 Å². The van der Waals surface area contributed by atoms with Gasteiger partial charge in [-0.2, -0.15) is 0 Å². The van der Waals surface area contributed by atoms with Crippen molar-refractivity contribution in [1.82, 2.24) is 0 Å². The predicted molar refractivity (Wildman–Crippen MR) is 64.4 cm³/mol. The van der Waals surface area contributed by atoms with Crippen molar-refractivity contribution >= 4 is 27.1 Å². The van der Waals surface area contributed by atoms with E-state index in [0.29, 0.717) is 5.02 Å². The van der Waals surface area contributed by atoms with E-state index >= 15 is 0 Å². The van der Waals surface area contributed by atoms with E-state index < -0.39 is 9.84 Å². The number of sulfone groups is 1. The summed E-state index contributed by atoms with van der Waals surface area (Å²) in [6.45, 7) is 1.68. The topological polar surface area (TPSA) is 69.4 Å². The van der Waals surface area contributed by atoms with Gasteiger partial charge in [0.05, 0.1) is 22.4 Å². The minimum absolute atomic E-state index is 0.0592. The van der Waals surface area contributed by atoms with Crippen LogP contribution in [0.2, 0.25) is 5.02 Å². The summed E-state index contributed by atoms with van der Waals surface area (Å²) in [6, 6.07) is 4.39.